The van der Waals surface area contributed by atoms with Crippen LogP contribution in [0.1, 0.15) is 21.9 Å². The highest BCUT2D eigenvalue weighted by Gasteiger charge is 2.20. The molecule has 0 saturated carbocycles. The van der Waals surface area contributed by atoms with E-state index >= 15 is 0 Å². The van der Waals surface area contributed by atoms with Gasteiger partial charge in [0.15, 0.2) is 5.76 Å². The van der Waals surface area contributed by atoms with E-state index in [0.717, 1.165) is 11.5 Å². The maximum Gasteiger partial charge on any atom is 0.281 e. The van der Waals surface area contributed by atoms with Gasteiger partial charge in [0.1, 0.15) is 11.5 Å². The van der Waals surface area contributed by atoms with Crippen LogP contribution < -0.4 is 5.32 Å². The highest BCUT2D eigenvalue weighted by molar-refractivity contribution is 6.30. The molecule has 4 aromatic rings. The molecule has 0 fully saturated rings. The number of benzene rings is 1. The van der Waals surface area contributed by atoms with Crippen LogP contribution in [-0.4, -0.2) is 20.7 Å². The van der Waals surface area contributed by atoms with E-state index in [0.29, 0.717) is 28.7 Å². The molecule has 8 heteroatoms. The molecular formula is C19H15ClN4O3. The minimum Gasteiger partial charge on any atom is -0.465 e. The Kier molecular flexibility index (Phi) is 4.52. The first-order valence-corrected chi connectivity index (χ1v) is 8.58. The molecule has 0 radical (unpaired) electrons. The minimum absolute atomic E-state index is 0.287. The average molecular weight is 383 g/mol. The summed E-state index contributed by atoms with van der Waals surface area (Å²) in [5.74, 6) is 2.25. The van der Waals surface area contributed by atoms with Gasteiger partial charge in [0.25, 0.3) is 5.91 Å². The molecule has 7 nitrogen and oxygen atoms in total. The maximum absolute atomic E-state index is 12.9. The molecule has 0 aliphatic heterocycles. The van der Waals surface area contributed by atoms with Crippen molar-refractivity contribution in [2.75, 3.05) is 5.32 Å². The second kappa shape index (κ2) is 7.13. The van der Waals surface area contributed by atoms with Gasteiger partial charge in [-0.05, 0) is 55.5 Å². The number of rotatable bonds is 5. The Morgan fingerprint density at radius 3 is 2.67 bits per heavy atom. The van der Waals surface area contributed by atoms with E-state index in [1.54, 1.807) is 36.4 Å². The number of hydrogen-bond donors (Lipinski definition) is 1. The van der Waals surface area contributed by atoms with Crippen LogP contribution in [0.3, 0.4) is 0 Å². The van der Waals surface area contributed by atoms with Crippen molar-refractivity contribution in [3.8, 4) is 11.6 Å². The number of halogens is 1. The summed E-state index contributed by atoms with van der Waals surface area (Å²) < 4.78 is 12.1. The molecule has 0 unspecified atom stereocenters. The molecule has 0 amide bonds. The number of carbonyl (C=O) groups is 1. The van der Waals surface area contributed by atoms with Gasteiger partial charge in [-0.25, -0.2) is 0 Å². The number of furan rings is 2. The van der Waals surface area contributed by atoms with Gasteiger partial charge in [0.2, 0.25) is 11.8 Å². The number of hydrogen-bond acceptors (Lipinski definition) is 6. The van der Waals surface area contributed by atoms with Crippen molar-refractivity contribution in [2.24, 2.45) is 0 Å². The lowest BCUT2D eigenvalue weighted by Gasteiger charge is -2.06. The first-order chi connectivity index (χ1) is 13.1. The molecule has 0 bridgehead atoms. The summed E-state index contributed by atoms with van der Waals surface area (Å²) in [6.45, 7) is 2.23. The zero-order chi connectivity index (χ0) is 18.8. The van der Waals surface area contributed by atoms with Crippen LogP contribution in [0.2, 0.25) is 5.02 Å². The van der Waals surface area contributed by atoms with Crippen molar-refractivity contribution in [1.29, 1.82) is 0 Å². The van der Waals surface area contributed by atoms with Crippen LogP contribution in [-0.2, 0) is 6.54 Å². The summed E-state index contributed by atoms with van der Waals surface area (Å²) in [6.07, 6.45) is 1.52. The fourth-order valence-corrected chi connectivity index (χ4v) is 2.67. The van der Waals surface area contributed by atoms with Gasteiger partial charge < -0.3 is 14.2 Å². The monoisotopic (exact) mass is 382 g/mol. The van der Waals surface area contributed by atoms with E-state index in [4.69, 9.17) is 20.4 Å². The maximum atomic E-state index is 12.9. The van der Waals surface area contributed by atoms with Gasteiger partial charge in [-0.2, -0.15) is 9.67 Å². The lowest BCUT2D eigenvalue weighted by atomic mass is 10.2. The van der Waals surface area contributed by atoms with Crippen molar-refractivity contribution < 1.29 is 13.6 Å². The lowest BCUT2D eigenvalue weighted by molar-refractivity contribution is 0.0947. The van der Waals surface area contributed by atoms with Gasteiger partial charge in [0, 0.05) is 10.6 Å². The number of nitrogens with zero attached hydrogens (tertiary/aromatic N) is 3. The third kappa shape index (κ3) is 3.63. The van der Waals surface area contributed by atoms with Gasteiger partial charge >= 0.3 is 0 Å². The van der Waals surface area contributed by atoms with Crippen LogP contribution in [0, 0.1) is 6.92 Å². The summed E-state index contributed by atoms with van der Waals surface area (Å²) in [4.78, 5) is 17.3. The Labute approximate surface area is 159 Å². The molecule has 0 aliphatic rings. The van der Waals surface area contributed by atoms with E-state index in [-0.39, 0.29) is 11.9 Å². The van der Waals surface area contributed by atoms with Crippen LogP contribution in [0.4, 0.5) is 5.95 Å². The average Bonchev–Trinajstić information content (AvgIpc) is 3.40. The Bertz CT molecular complexity index is 1070. The van der Waals surface area contributed by atoms with Crippen molar-refractivity contribution in [3.05, 3.63) is 76.9 Å². The number of aryl methyl sites for hydroxylation is 1. The highest BCUT2D eigenvalue weighted by Crippen LogP contribution is 2.20. The van der Waals surface area contributed by atoms with E-state index in [9.17, 15) is 4.79 Å². The third-order valence-electron chi connectivity index (χ3n) is 3.85. The fourth-order valence-electron chi connectivity index (χ4n) is 2.54. The van der Waals surface area contributed by atoms with Crippen molar-refractivity contribution >= 4 is 23.5 Å². The van der Waals surface area contributed by atoms with Crippen LogP contribution in [0.25, 0.3) is 11.6 Å². The van der Waals surface area contributed by atoms with E-state index in [1.165, 1.54) is 10.9 Å². The van der Waals surface area contributed by atoms with E-state index < -0.39 is 0 Å². The van der Waals surface area contributed by atoms with Crippen molar-refractivity contribution in [3.63, 3.8) is 0 Å². The topological polar surface area (TPSA) is 86.1 Å². The van der Waals surface area contributed by atoms with Crippen molar-refractivity contribution in [2.45, 2.75) is 13.5 Å². The Hall–Kier alpha value is -3.32. The summed E-state index contributed by atoms with van der Waals surface area (Å²) in [5, 5.41) is 7.95. The normalized spacial score (nSPS) is 10.9. The Balaban J connectivity index is 1.67. The second-order valence-electron chi connectivity index (χ2n) is 5.83. The SMILES string of the molecule is Cc1ccc(CNc2nc(-c3ccco3)nn2C(=O)c2ccc(Cl)cc2)o1. The Morgan fingerprint density at radius 2 is 2.00 bits per heavy atom. The first-order valence-electron chi connectivity index (χ1n) is 8.20. The molecule has 0 aliphatic carbocycles. The second-order valence-corrected chi connectivity index (χ2v) is 6.26. The van der Waals surface area contributed by atoms with Crippen LogP contribution >= 0.6 is 11.6 Å². The van der Waals surface area contributed by atoms with Gasteiger partial charge in [0.05, 0.1) is 12.8 Å². The van der Waals surface area contributed by atoms with Crippen LogP contribution in [0.5, 0.6) is 0 Å². The molecule has 136 valence electrons. The van der Waals surface area contributed by atoms with Gasteiger partial charge in [-0.15, -0.1) is 5.10 Å². The predicted octanol–water partition coefficient (Wildman–Crippen LogP) is 4.39. The molecule has 0 saturated heterocycles. The number of carbonyl (C=O) groups excluding carboxylic acids is 1. The molecule has 1 aromatic carbocycles. The zero-order valence-corrected chi connectivity index (χ0v) is 15.1. The molecule has 1 N–H and O–H groups in total. The third-order valence-corrected chi connectivity index (χ3v) is 4.10. The van der Waals surface area contributed by atoms with Gasteiger partial charge in [-0.1, -0.05) is 11.6 Å². The standard InChI is InChI=1S/C19H15ClN4O3/c1-12-4-9-15(27-12)11-21-19-22-17(16-3-2-10-26-16)23-24(19)18(25)13-5-7-14(20)8-6-13/h2-10H,11H2,1H3,(H,21,22,23). The molecule has 3 heterocycles. The van der Waals surface area contributed by atoms with E-state index in [1.807, 2.05) is 19.1 Å². The number of aromatic nitrogens is 3. The molecule has 0 spiro atoms. The Morgan fingerprint density at radius 1 is 1.19 bits per heavy atom. The predicted molar refractivity (Wildman–Crippen MR) is 99.7 cm³/mol. The van der Waals surface area contributed by atoms with Crippen molar-refractivity contribution in [1.82, 2.24) is 14.8 Å². The quantitative estimate of drug-likeness (QED) is 0.550. The molecule has 27 heavy (non-hydrogen) atoms. The smallest absolute Gasteiger partial charge is 0.281 e. The summed E-state index contributed by atoms with van der Waals surface area (Å²) >= 11 is 5.90. The number of nitrogens with one attached hydrogen (secondary N) is 1. The lowest BCUT2D eigenvalue weighted by Crippen LogP contribution is -2.17. The molecule has 0 atom stereocenters. The summed E-state index contributed by atoms with van der Waals surface area (Å²) in [7, 11) is 0. The fraction of sp³-hybridized carbons (Fsp3) is 0.105. The zero-order valence-electron chi connectivity index (χ0n) is 14.3. The largest absolute Gasteiger partial charge is 0.465 e. The number of anilines is 1. The minimum atomic E-state index is -0.338. The molecular weight excluding hydrogens is 368 g/mol. The molecule has 3 aromatic heterocycles. The summed E-state index contributed by atoms with van der Waals surface area (Å²) in [6, 6.07) is 13.8. The summed E-state index contributed by atoms with van der Waals surface area (Å²) in [5.41, 5.74) is 0.437. The van der Waals surface area contributed by atoms with Crippen LogP contribution in [0.15, 0.2) is 63.6 Å². The molecule has 4 rings (SSSR count). The first kappa shape index (κ1) is 17.1. The van der Waals surface area contributed by atoms with E-state index in [2.05, 4.69) is 15.4 Å². The van der Waals surface area contributed by atoms with Gasteiger partial charge in [-0.3, -0.25) is 4.79 Å². The highest BCUT2D eigenvalue weighted by atomic mass is 35.5.